The third-order valence-electron chi connectivity index (χ3n) is 6.39. The smallest absolute Gasteiger partial charge is 0.339 e. The third kappa shape index (κ3) is 5.01. The zero-order valence-electron chi connectivity index (χ0n) is 19.8. The van der Waals surface area contributed by atoms with E-state index in [1.807, 2.05) is 24.4 Å². The molecule has 0 aliphatic heterocycles. The number of carbonyl (C=O) groups is 1. The van der Waals surface area contributed by atoms with E-state index in [2.05, 4.69) is 31.7 Å². The lowest BCUT2D eigenvalue weighted by molar-refractivity contribution is -0.117. The van der Waals surface area contributed by atoms with E-state index in [9.17, 15) is 13.2 Å². The van der Waals surface area contributed by atoms with Gasteiger partial charge in [-0.25, -0.2) is 4.98 Å². The highest BCUT2D eigenvalue weighted by Gasteiger charge is 2.30. The lowest BCUT2D eigenvalue weighted by Crippen LogP contribution is -2.14. The summed E-state index contributed by atoms with van der Waals surface area (Å²) in [5, 5.41) is 7.29. The van der Waals surface area contributed by atoms with E-state index in [0.717, 1.165) is 30.5 Å². The van der Waals surface area contributed by atoms with Gasteiger partial charge < -0.3 is 19.5 Å². The summed E-state index contributed by atoms with van der Waals surface area (Å²) in [6.07, 6.45) is 4.63. The van der Waals surface area contributed by atoms with E-state index in [1.54, 1.807) is 24.3 Å². The predicted octanol–water partition coefficient (Wildman–Crippen LogP) is 4.82. The molecule has 6 rings (SSSR count). The maximum atomic E-state index is 12.8. The summed E-state index contributed by atoms with van der Waals surface area (Å²) < 4.78 is 31.0. The molecule has 0 unspecified atom stereocenters. The molecule has 1 fully saturated rings. The van der Waals surface area contributed by atoms with Crippen molar-refractivity contribution in [3.63, 3.8) is 0 Å². The van der Waals surface area contributed by atoms with Crippen molar-refractivity contribution in [1.29, 1.82) is 0 Å². The molecule has 1 amide bonds. The van der Waals surface area contributed by atoms with Gasteiger partial charge in [-0.1, -0.05) is 18.2 Å². The molecule has 0 bridgehead atoms. The molecule has 5 aromatic rings. The second kappa shape index (κ2) is 9.29. The first-order valence-corrected chi connectivity index (χ1v) is 13.5. The Kier molecular flexibility index (Phi) is 5.80. The van der Waals surface area contributed by atoms with Crippen molar-refractivity contribution in [1.82, 2.24) is 15.0 Å². The number of nitrogens with one attached hydrogen (secondary N) is 4. The van der Waals surface area contributed by atoms with Gasteiger partial charge in [-0.05, 0) is 67.3 Å². The van der Waals surface area contributed by atoms with Gasteiger partial charge in [0.05, 0.1) is 11.0 Å². The first-order chi connectivity index (χ1) is 17.9. The minimum Gasteiger partial charge on any atom is -0.385 e. The number of aromatic nitrogens is 3. The summed E-state index contributed by atoms with van der Waals surface area (Å²) in [6.45, 7) is 0.706. The molecule has 2 aromatic heterocycles. The van der Waals surface area contributed by atoms with Crippen LogP contribution in [0.2, 0.25) is 0 Å². The van der Waals surface area contributed by atoms with Gasteiger partial charge in [0.1, 0.15) is 10.6 Å². The van der Waals surface area contributed by atoms with Crippen molar-refractivity contribution >= 4 is 49.6 Å². The molecule has 1 aliphatic carbocycles. The van der Waals surface area contributed by atoms with Crippen LogP contribution in [0.4, 0.5) is 11.6 Å². The Bertz CT molecular complexity index is 1700. The Hall–Kier alpha value is -4.31. The molecule has 0 spiro atoms. The lowest BCUT2D eigenvalue weighted by atomic mass is 10.1. The van der Waals surface area contributed by atoms with Crippen LogP contribution in [0.15, 0.2) is 77.8 Å². The number of amides is 1. The van der Waals surface area contributed by atoms with Crippen LogP contribution in [0.1, 0.15) is 18.4 Å². The quantitative estimate of drug-likeness (QED) is 0.208. The molecule has 3 aromatic carbocycles. The largest absolute Gasteiger partial charge is 0.385 e. The van der Waals surface area contributed by atoms with E-state index in [1.165, 1.54) is 29.1 Å². The van der Waals surface area contributed by atoms with Gasteiger partial charge in [0.2, 0.25) is 11.9 Å². The summed E-state index contributed by atoms with van der Waals surface area (Å²) in [5.74, 6) is 0.465. The minimum absolute atomic E-state index is 0.0502. The molecule has 2 heterocycles. The number of H-pyrrole nitrogens is 2. The molecule has 0 saturated heterocycles. The van der Waals surface area contributed by atoms with E-state index in [4.69, 9.17) is 4.18 Å². The van der Waals surface area contributed by atoms with Crippen LogP contribution in [0.25, 0.3) is 21.9 Å². The van der Waals surface area contributed by atoms with E-state index >= 15 is 0 Å². The van der Waals surface area contributed by atoms with Crippen LogP contribution < -0.4 is 14.8 Å². The van der Waals surface area contributed by atoms with E-state index in [0.29, 0.717) is 23.5 Å². The van der Waals surface area contributed by atoms with Crippen LogP contribution in [0.3, 0.4) is 0 Å². The Morgan fingerprint density at radius 2 is 1.84 bits per heavy atom. The van der Waals surface area contributed by atoms with Crippen molar-refractivity contribution in [2.75, 3.05) is 17.2 Å². The second-order valence-corrected chi connectivity index (χ2v) is 10.7. The molecule has 0 radical (unpaired) electrons. The second-order valence-electron chi connectivity index (χ2n) is 9.13. The van der Waals surface area contributed by atoms with Crippen LogP contribution >= 0.6 is 0 Å². The minimum atomic E-state index is -4.03. The van der Waals surface area contributed by atoms with Gasteiger partial charge in [-0.3, -0.25) is 10.1 Å². The number of hydrogen-bond donors (Lipinski definition) is 4. The van der Waals surface area contributed by atoms with Gasteiger partial charge in [-0.15, -0.1) is 0 Å². The Morgan fingerprint density at radius 1 is 1.03 bits per heavy atom. The van der Waals surface area contributed by atoms with Gasteiger partial charge in [-0.2, -0.15) is 8.42 Å². The molecule has 4 N–H and O–H groups in total. The van der Waals surface area contributed by atoms with Crippen LogP contribution in [-0.4, -0.2) is 35.8 Å². The number of benzene rings is 3. The predicted molar refractivity (Wildman–Crippen MR) is 142 cm³/mol. The van der Waals surface area contributed by atoms with Gasteiger partial charge in [0, 0.05) is 41.3 Å². The van der Waals surface area contributed by atoms with Crippen molar-refractivity contribution < 1.29 is 17.4 Å². The fraction of sp³-hybridized carbons (Fsp3) is 0.185. The zero-order valence-corrected chi connectivity index (χ0v) is 20.6. The molecule has 1 saturated carbocycles. The first-order valence-electron chi connectivity index (χ1n) is 12.1. The zero-order chi connectivity index (χ0) is 25.4. The monoisotopic (exact) mass is 515 g/mol. The highest BCUT2D eigenvalue weighted by atomic mass is 32.2. The molecule has 10 heteroatoms. The topological polar surface area (TPSA) is 129 Å². The number of hydrogen-bond acceptors (Lipinski definition) is 6. The molecule has 37 heavy (non-hydrogen) atoms. The van der Waals surface area contributed by atoms with Gasteiger partial charge in [0.15, 0.2) is 0 Å². The van der Waals surface area contributed by atoms with Gasteiger partial charge in [0.25, 0.3) is 0 Å². The number of aromatic amines is 2. The van der Waals surface area contributed by atoms with Crippen molar-refractivity contribution in [3.05, 3.63) is 78.5 Å². The molecular formula is C27H25N5O4S. The molecule has 0 atom stereocenters. The lowest BCUT2D eigenvalue weighted by Gasteiger charge is -2.09. The third-order valence-corrected chi connectivity index (χ3v) is 7.65. The van der Waals surface area contributed by atoms with Gasteiger partial charge >= 0.3 is 10.1 Å². The summed E-state index contributed by atoms with van der Waals surface area (Å²) in [4.78, 5) is 22.6. The number of rotatable bonds is 9. The first kappa shape index (κ1) is 23.1. The fourth-order valence-electron chi connectivity index (χ4n) is 4.26. The summed E-state index contributed by atoms with van der Waals surface area (Å²) >= 11 is 0. The summed E-state index contributed by atoms with van der Waals surface area (Å²) in [6, 6.07) is 19.4. The molecule has 188 valence electrons. The maximum absolute atomic E-state index is 12.8. The normalized spacial score (nSPS) is 13.6. The highest BCUT2D eigenvalue weighted by molar-refractivity contribution is 7.87. The molecule has 9 nitrogen and oxygen atoms in total. The molecular weight excluding hydrogens is 490 g/mol. The number of carbonyl (C=O) groups excluding carboxylic acids is 1. The highest BCUT2D eigenvalue weighted by Crippen LogP contribution is 2.30. The molecule has 1 aliphatic rings. The average Bonchev–Trinajstić information content (AvgIpc) is 3.56. The SMILES string of the molecule is O=C(Nc1nc2cc(OS(=O)(=O)c3ccc(NCCc4c[nH]c5ccccc45)cc3)ccc2[nH]1)C1CC1. The van der Waals surface area contributed by atoms with E-state index < -0.39 is 10.1 Å². The summed E-state index contributed by atoms with van der Waals surface area (Å²) in [7, 11) is -4.03. The number of nitrogens with zero attached hydrogens (tertiary/aromatic N) is 1. The number of fused-ring (bicyclic) bond motifs is 2. The van der Waals surface area contributed by atoms with Crippen LogP contribution in [0.5, 0.6) is 5.75 Å². The summed E-state index contributed by atoms with van der Waals surface area (Å²) in [5.41, 5.74) is 4.31. The maximum Gasteiger partial charge on any atom is 0.339 e. The number of imidazole rings is 1. The average molecular weight is 516 g/mol. The van der Waals surface area contributed by atoms with Crippen LogP contribution in [0, 0.1) is 5.92 Å². The standard InChI is InChI=1S/C27H25N5O4S/c33-26(17-5-6-17)32-27-30-24-12-9-20(15-25(24)31-27)36-37(34,35)21-10-7-19(8-11-21)28-14-13-18-16-29-23-4-2-1-3-22(18)23/h1-4,7-12,15-17,28-29H,5-6,13-14H2,(H2,30,31,32,33). The number of anilines is 2. The Morgan fingerprint density at radius 3 is 2.65 bits per heavy atom. The van der Waals surface area contributed by atoms with Crippen molar-refractivity contribution in [2.24, 2.45) is 5.92 Å². The Balaban J connectivity index is 1.08. The van der Waals surface area contributed by atoms with Crippen LogP contribution in [-0.2, 0) is 21.3 Å². The number of para-hydroxylation sites is 1. The van der Waals surface area contributed by atoms with Crippen molar-refractivity contribution in [2.45, 2.75) is 24.2 Å². The van der Waals surface area contributed by atoms with E-state index in [-0.39, 0.29) is 22.5 Å². The van der Waals surface area contributed by atoms with Crippen molar-refractivity contribution in [3.8, 4) is 5.75 Å². The Labute approximate surface area is 213 Å². The fourth-order valence-corrected chi connectivity index (χ4v) is 5.18.